The summed E-state index contributed by atoms with van der Waals surface area (Å²) in [5.41, 5.74) is 6.12. The van der Waals surface area contributed by atoms with E-state index in [4.69, 9.17) is 15.2 Å². The highest BCUT2D eigenvalue weighted by molar-refractivity contribution is 9.10. The monoisotopic (exact) mass is 316 g/mol. The number of amides is 1. The quantitative estimate of drug-likeness (QED) is 0.836. The molecule has 1 rings (SSSR count). The van der Waals surface area contributed by atoms with Crippen LogP contribution in [0.1, 0.15) is 18.5 Å². The molecule has 0 aliphatic carbocycles. The molecule has 100 valence electrons. The van der Waals surface area contributed by atoms with E-state index >= 15 is 0 Å². The summed E-state index contributed by atoms with van der Waals surface area (Å²) in [6, 6.07) is 2.92. The second kappa shape index (κ2) is 6.61. The number of nitrogens with two attached hydrogens (primary N) is 1. The van der Waals surface area contributed by atoms with Crippen molar-refractivity contribution in [3.8, 4) is 11.5 Å². The van der Waals surface area contributed by atoms with Gasteiger partial charge in [0.1, 0.15) is 6.04 Å². The first-order valence-electron chi connectivity index (χ1n) is 5.49. The first-order valence-corrected chi connectivity index (χ1v) is 6.28. The summed E-state index contributed by atoms with van der Waals surface area (Å²) >= 11 is 3.41. The minimum atomic E-state index is -0.566. The van der Waals surface area contributed by atoms with Crippen LogP contribution in [0, 0.1) is 0 Å². The Labute approximate surface area is 115 Å². The molecule has 0 aliphatic heterocycles. The van der Waals surface area contributed by atoms with Crippen molar-refractivity contribution >= 4 is 21.8 Å². The van der Waals surface area contributed by atoms with Crippen LogP contribution in [0.5, 0.6) is 11.5 Å². The van der Waals surface area contributed by atoms with Gasteiger partial charge in [-0.25, -0.2) is 0 Å². The van der Waals surface area contributed by atoms with Crippen molar-refractivity contribution in [1.29, 1.82) is 0 Å². The zero-order valence-electron chi connectivity index (χ0n) is 10.6. The molecule has 6 heteroatoms. The van der Waals surface area contributed by atoms with Gasteiger partial charge in [0.05, 0.1) is 14.2 Å². The lowest BCUT2D eigenvalue weighted by atomic mass is 10.1. The van der Waals surface area contributed by atoms with Gasteiger partial charge < -0.3 is 20.5 Å². The van der Waals surface area contributed by atoms with E-state index in [0.717, 1.165) is 10.0 Å². The van der Waals surface area contributed by atoms with Crippen LogP contribution in [-0.4, -0.2) is 26.7 Å². The molecule has 1 aromatic carbocycles. The molecule has 1 aromatic rings. The summed E-state index contributed by atoms with van der Waals surface area (Å²) in [7, 11) is 3.10. The third kappa shape index (κ3) is 3.14. The maximum absolute atomic E-state index is 11.5. The normalized spacial score (nSPS) is 12.0. The number of nitrogens with one attached hydrogen (secondary N) is 1. The number of ether oxygens (including phenoxy) is 2. The third-order valence-corrected chi connectivity index (χ3v) is 3.19. The van der Waals surface area contributed by atoms with Crippen molar-refractivity contribution in [3.63, 3.8) is 0 Å². The first-order chi connectivity index (χ1) is 8.54. The van der Waals surface area contributed by atoms with Crippen LogP contribution in [0.3, 0.4) is 0 Å². The Bertz CT molecular complexity index is 438. The number of hydrogen-bond acceptors (Lipinski definition) is 4. The van der Waals surface area contributed by atoms with Gasteiger partial charge in [0.2, 0.25) is 5.91 Å². The molecule has 0 spiro atoms. The lowest BCUT2D eigenvalue weighted by Gasteiger charge is -2.18. The molecule has 3 N–H and O–H groups in total. The molecule has 1 amide bonds. The van der Waals surface area contributed by atoms with Crippen LogP contribution >= 0.6 is 15.9 Å². The summed E-state index contributed by atoms with van der Waals surface area (Å²) in [6.07, 6.45) is 0. The Hall–Kier alpha value is -1.27. The Morgan fingerprint density at radius 2 is 1.94 bits per heavy atom. The molecule has 0 aromatic heterocycles. The second-order valence-corrected chi connectivity index (χ2v) is 4.48. The number of likely N-dealkylation sites (N-methyl/N-ethyl adjacent to an activating group) is 1. The van der Waals surface area contributed by atoms with Gasteiger partial charge >= 0.3 is 0 Å². The van der Waals surface area contributed by atoms with Crippen molar-refractivity contribution in [2.24, 2.45) is 5.73 Å². The van der Waals surface area contributed by atoms with Gasteiger partial charge in [0.15, 0.2) is 11.5 Å². The number of halogens is 1. The Balaban J connectivity index is 3.25. The number of primary amides is 1. The summed E-state index contributed by atoms with van der Waals surface area (Å²) in [5.74, 6) is 0.706. The van der Waals surface area contributed by atoms with Crippen molar-refractivity contribution in [1.82, 2.24) is 5.32 Å². The molecule has 1 atom stereocenters. The maximum Gasteiger partial charge on any atom is 0.239 e. The van der Waals surface area contributed by atoms with Gasteiger partial charge in [0.25, 0.3) is 0 Å². The number of methoxy groups -OCH3 is 2. The van der Waals surface area contributed by atoms with Crippen LogP contribution in [-0.2, 0) is 4.79 Å². The summed E-state index contributed by atoms with van der Waals surface area (Å²) in [5, 5.41) is 3.03. The summed E-state index contributed by atoms with van der Waals surface area (Å²) in [6.45, 7) is 2.54. The molecule has 18 heavy (non-hydrogen) atoms. The molecular formula is C12H17BrN2O3. The van der Waals surface area contributed by atoms with E-state index in [1.54, 1.807) is 26.4 Å². The van der Waals surface area contributed by atoms with Crippen molar-refractivity contribution in [2.75, 3.05) is 20.8 Å². The van der Waals surface area contributed by atoms with Crippen molar-refractivity contribution in [2.45, 2.75) is 13.0 Å². The van der Waals surface area contributed by atoms with E-state index in [-0.39, 0.29) is 0 Å². The van der Waals surface area contributed by atoms with Crippen LogP contribution in [0.2, 0.25) is 0 Å². The lowest BCUT2D eigenvalue weighted by Crippen LogP contribution is -2.33. The van der Waals surface area contributed by atoms with Gasteiger partial charge in [-0.1, -0.05) is 22.9 Å². The van der Waals surface area contributed by atoms with Crippen LogP contribution in [0.25, 0.3) is 0 Å². The molecule has 5 nitrogen and oxygen atoms in total. The van der Waals surface area contributed by atoms with Crippen molar-refractivity contribution < 1.29 is 14.3 Å². The molecule has 0 saturated heterocycles. The topological polar surface area (TPSA) is 73.6 Å². The van der Waals surface area contributed by atoms with Crippen LogP contribution in [0.15, 0.2) is 16.6 Å². The SMILES string of the molecule is CCNC(C(N)=O)c1cc(OC)c(OC)cc1Br. The standard InChI is InChI=1S/C12H17BrN2O3/c1-4-15-11(12(14)16)7-5-9(17-2)10(18-3)6-8(7)13/h5-6,11,15H,4H2,1-3H3,(H2,14,16). The number of carbonyl (C=O) groups excluding carboxylic acids is 1. The van der Waals surface area contributed by atoms with E-state index < -0.39 is 11.9 Å². The molecule has 0 fully saturated rings. The summed E-state index contributed by atoms with van der Waals surface area (Å²) < 4.78 is 11.1. The number of hydrogen-bond donors (Lipinski definition) is 2. The molecule has 0 radical (unpaired) electrons. The predicted molar refractivity (Wildman–Crippen MR) is 72.9 cm³/mol. The maximum atomic E-state index is 11.5. The fourth-order valence-corrected chi connectivity index (χ4v) is 2.21. The van der Waals surface area contributed by atoms with Crippen LogP contribution < -0.4 is 20.5 Å². The van der Waals surface area contributed by atoms with Gasteiger partial charge in [0, 0.05) is 4.47 Å². The highest BCUT2D eigenvalue weighted by Crippen LogP contribution is 2.35. The lowest BCUT2D eigenvalue weighted by molar-refractivity contribution is -0.120. The Kier molecular flexibility index (Phi) is 5.43. The van der Waals surface area contributed by atoms with Gasteiger partial charge in [-0.05, 0) is 24.2 Å². The zero-order chi connectivity index (χ0) is 13.7. The van der Waals surface area contributed by atoms with E-state index in [2.05, 4.69) is 21.2 Å². The van der Waals surface area contributed by atoms with Gasteiger partial charge in [-0.15, -0.1) is 0 Å². The number of carbonyl (C=O) groups is 1. The van der Waals surface area contributed by atoms with E-state index in [1.807, 2.05) is 6.92 Å². The molecule has 0 saturated carbocycles. The average molecular weight is 317 g/mol. The molecule has 0 aliphatic rings. The first kappa shape index (κ1) is 14.8. The highest BCUT2D eigenvalue weighted by atomic mass is 79.9. The predicted octanol–water partition coefficient (Wildman–Crippen LogP) is 1.60. The minimum absolute atomic E-state index is 0.440. The minimum Gasteiger partial charge on any atom is -0.493 e. The molecule has 1 unspecified atom stereocenters. The summed E-state index contributed by atoms with van der Waals surface area (Å²) in [4.78, 5) is 11.5. The molecule has 0 bridgehead atoms. The molecular weight excluding hydrogens is 300 g/mol. The van der Waals surface area contributed by atoms with Crippen molar-refractivity contribution in [3.05, 3.63) is 22.2 Å². The number of rotatable bonds is 6. The van der Waals surface area contributed by atoms with Gasteiger partial charge in [-0.2, -0.15) is 0 Å². The fraction of sp³-hybridized carbons (Fsp3) is 0.417. The average Bonchev–Trinajstić information content (AvgIpc) is 2.35. The third-order valence-electron chi connectivity index (χ3n) is 2.51. The van der Waals surface area contributed by atoms with Gasteiger partial charge in [-0.3, -0.25) is 4.79 Å². The molecule has 0 heterocycles. The fourth-order valence-electron chi connectivity index (χ4n) is 1.66. The Morgan fingerprint density at radius 3 is 2.39 bits per heavy atom. The Morgan fingerprint density at radius 1 is 1.39 bits per heavy atom. The second-order valence-electron chi connectivity index (χ2n) is 3.62. The zero-order valence-corrected chi connectivity index (χ0v) is 12.2. The number of benzene rings is 1. The van der Waals surface area contributed by atoms with E-state index in [1.165, 1.54) is 0 Å². The largest absolute Gasteiger partial charge is 0.493 e. The highest BCUT2D eigenvalue weighted by Gasteiger charge is 2.21. The van der Waals surface area contributed by atoms with Crippen LogP contribution in [0.4, 0.5) is 0 Å². The van der Waals surface area contributed by atoms with E-state index in [0.29, 0.717) is 18.0 Å². The van der Waals surface area contributed by atoms with E-state index in [9.17, 15) is 4.79 Å². The smallest absolute Gasteiger partial charge is 0.239 e.